The van der Waals surface area contributed by atoms with Crippen LogP contribution in [0, 0.1) is 0 Å². The van der Waals surface area contributed by atoms with Gasteiger partial charge in [-0.1, -0.05) is 42.5 Å². The number of carbonyl (C=O) groups is 2. The Labute approximate surface area is 201 Å². The maximum Gasteiger partial charge on any atom is 0.271 e. The molecule has 1 saturated heterocycles. The van der Waals surface area contributed by atoms with Gasteiger partial charge in [-0.2, -0.15) is 5.10 Å². The fourth-order valence-electron chi connectivity index (χ4n) is 3.89. The number of rotatable bonds is 7. The number of nitrogens with zero attached hydrogens (tertiary/aromatic N) is 2. The van der Waals surface area contributed by atoms with Crippen LogP contribution in [0.25, 0.3) is 0 Å². The summed E-state index contributed by atoms with van der Waals surface area (Å²) in [6, 6.07) is 22.9. The fraction of sp³-hybridized carbons (Fsp3) is 0.192. The Morgan fingerprint density at radius 1 is 1.06 bits per heavy atom. The van der Waals surface area contributed by atoms with E-state index in [9.17, 15) is 9.59 Å². The molecular formula is C26H23N3O4S. The number of thioether (sulfide) groups is 1. The van der Waals surface area contributed by atoms with Gasteiger partial charge in [0.05, 0.1) is 12.0 Å². The molecule has 172 valence electrons. The second kappa shape index (κ2) is 10.0. The van der Waals surface area contributed by atoms with Gasteiger partial charge in [0.1, 0.15) is 5.37 Å². The van der Waals surface area contributed by atoms with E-state index >= 15 is 0 Å². The molecule has 0 saturated carbocycles. The van der Waals surface area contributed by atoms with Crippen molar-refractivity contribution in [1.29, 1.82) is 0 Å². The standard InChI is InChI=1S/C26H23N3O4S/c30-24-16-34-26(29(24)13-12-18-4-2-1-3-5-18)21-9-7-20(8-10-21)25(31)28-27-15-19-6-11-22-23(14-19)33-17-32-22/h1-11,14-15,26H,12-13,16-17H2,(H,28,31)/b27-15-/t26-/m0/s1. The highest BCUT2D eigenvalue weighted by molar-refractivity contribution is 8.00. The van der Waals surface area contributed by atoms with Crippen molar-refractivity contribution in [2.75, 3.05) is 19.1 Å². The van der Waals surface area contributed by atoms with Crippen molar-refractivity contribution in [1.82, 2.24) is 10.3 Å². The molecule has 3 aromatic carbocycles. The Hall–Kier alpha value is -3.78. The quantitative estimate of drug-likeness (QED) is 0.415. The van der Waals surface area contributed by atoms with Gasteiger partial charge >= 0.3 is 0 Å². The summed E-state index contributed by atoms with van der Waals surface area (Å²) in [6.07, 6.45) is 2.37. The number of hydrazone groups is 1. The number of amides is 2. The molecule has 7 nitrogen and oxygen atoms in total. The van der Waals surface area contributed by atoms with E-state index in [1.165, 1.54) is 5.56 Å². The van der Waals surface area contributed by atoms with E-state index in [2.05, 4.69) is 22.7 Å². The zero-order valence-electron chi connectivity index (χ0n) is 18.3. The number of ether oxygens (including phenoxy) is 2. The summed E-state index contributed by atoms with van der Waals surface area (Å²) >= 11 is 1.61. The zero-order valence-corrected chi connectivity index (χ0v) is 19.2. The largest absolute Gasteiger partial charge is 0.454 e. The van der Waals surface area contributed by atoms with Crippen molar-refractivity contribution in [3.63, 3.8) is 0 Å². The van der Waals surface area contributed by atoms with Gasteiger partial charge in [-0.05, 0) is 53.4 Å². The maximum atomic E-state index is 12.5. The van der Waals surface area contributed by atoms with E-state index in [4.69, 9.17) is 9.47 Å². The summed E-state index contributed by atoms with van der Waals surface area (Å²) in [5.74, 6) is 1.66. The molecule has 2 aliphatic rings. The number of nitrogens with one attached hydrogen (secondary N) is 1. The van der Waals surface area contributed by atoms with Gasteiger partial charge < -0.3 is 14.4 Å². The summed E-state index contributed by atoms with van der Waals surface area (Å²) in [5.41, 5.74) is 6.05. The second-order valence-corrected chi connectivity index (χ2v) is 8.99. The minimum absolute atomic E-state index is 0.0441. The van der Waals surface area contributed by atoms with Crippen LogP contribution in [0.15, 0.2) is 77.9 Å². The third-order valence-corrected chi connectivity index (χ3v) is 6.94. The summed E-state index contributed by atoms with van der Waals surface area (Å²) in [7, 11) is 0. The molecule has 0 unspecified atom stereocenters. The molecule has 1 atom stereocenters. The normalized spacial score (nSPS) is 16.9. The predicted octanol–water partition coefficient (Wildman–Crippen LogP) is 4.00. The molecule has 2 heterocycles. The van der Waals surface area contributed by atoms with Crippen LogP contribution in [0.1, 0.15) is 32.4 Å². The fourth-order valence-corrected chi connectivity index (χ4v) is 5.11. The third kappa shape index (κ3) is 4.92. The molecule has 0 radical (unpaired) electrons. The van der Waals surface area contributed by atoms with E-state index in [1.54, 1.807) is 42.2 Å². The highest BCUT2D eigenvalue weighted by Crippen LogP contribution is 2.38. The van der Waals surface area contributed by atoms with E-state index in [0.717, 1.165) is 17.5 Å². The molecule has 0 aliphatic carbocycles. The molecular weight excluding hydrogens is 450 g/mol. The zero-order chi connectivity index (χ0) is 23.3. The molecule has 0 bridgehead atoms. The van der Waals surface area contributed by atoms with Gasteiger partial charge in [0.15, 0.2) is 11.5 Å². The maximum absolute atomic E-state index is 12.5. The van der Waals surface area contributed by atoms with Gasteiger partial charge in [0, 0.05) is 12.1 Å². The second-order valence-electron chi connectivity index (χ2n) is 7.92. The summed E-state index contributed by atoms with van der Waals surface area (Å²) in [6.45, 7) is 0.873. The average Bonchev–Trinajstić information content (AvgIpc) is 3.49. The van der Waals surface area contributed by atoms with Crippen LogP contribution in [0.4, 0.5) is 0 Å². The monoisotopic (exact) mass is 473 g/mol. The Bertz CT molecular complexity index is 1210. The van der Waals surface area contributed by atoms with E-state index in [-0.39, 0.29) is 24.0 Å². The minimum Gasteiger partial charge on any atom is -0.454 e. The summed E-state index contributed by atoms with van der Waals surface area (Å²) in [5, 5.41) is 4.00. The smallest absolute Gasteiger partial charge is 0.271 e. The third-order valence-electron chi connectivity index (χ3n) is 5.69. The van der Waals surface area contributed by atoms with Crippen LogP contribution in [0.2, 0.25) is 0 Å². The minimum atomic E-state index is -0.306. The molecule has 3 aromatic rings. The summed E-state index contributed by atoms with van der Waals surface area (Å²) in [4.78, 5) is 26.9. The first kappa shape index (κ1) is 22.0. The van der Waals surface area contributed by atoms with Crippen LogP contribution in [-0.2, 0) is 11.2 Å². The number of benzene rings is 3. The van der Waals surface area contributed by atoms with Gasteiger partial charge in [-0.25, -0.2) is 5.43 Å². The van der Waals surface area contributed by atoms with Gasteiger partial charge in [-0.15, -0.1) is 11.8 Å². The lowest BCUT2D eigenvalue weighted by Gasteiger charge is -2.24. The Kier molecular flexibility index (Phi) is 6.49. The first-order chi connectivity index (χ1) is 16.7. The number of hydrogen-bond acceptors (Lipinski definition) is 6. The van der Waals surface area contributed by atoms with E-state index < -0.39 is 0 Å². The molecule has 1 N–H and O–H groups in total. The molecule has 5 rings (SSSR count). The topological polar surface area (TPSA) is 80.2 Å². The molecule has 1 fully saturated rings. The van der Waals surface area contributed by atoms with Crippen LogP contribution in [0.5, 0.6) is 11.5 Å². The van der Waals surface area contributed by atoms with Crippen LogP contribution in [0.3, 0.4) is 0 Å². The first-order valence-electron chi connectivity index (χ1n) is 11.0. The number of carbonyl (C=O) groups excluding carboxylic acids is 2. The van der Waals surface area contributed by atoms with Crippen LogP contribution in [-0.4, -0.2) is 42.0 Å². The lowest BCUT2D eigenvalue weighted by atomic mass is 10.1. The molecule has 34 heavy (non-hydrogen) atoms. The molecule has 2 aliphatic heterocycles. The van der Waals surface area contributed by atoms with Crippen molar-refractivity contribution < 1.29 is 19.1 Å². The Morgan fingerprint density at radius 2 is 1.85 bits per heavy atom. The van der Waals surface area contributed by atoms with E-state index in [0.29, 0.717) is 29.4 Å². The molecule has 8 heteroatoms. The van der Waals surface area contributed by atoms with Crippen molar-refractivity contribution >= 4 is 29.8 Å². The predicted molar refractivity (Wildman–Crippen MR) is 131 cm³/mol. The number of hydrogen-bond donors (Lipinski definition) is 1. The molecule has 0 aromatic heterocycles. The first-order valence-corrected chi connectivity index (χ1v) is 12.0. The number of fused-ring (bicyclic) bond motifs is 1. The van der Waals surface area contributed by atoms with Crippen LogP contribution >= 0.6 is 11.8 Å². The van der Waals surface area contributed by atoms with Crippen molar-refractivity contribution in [2.24, 2.45) is 5.10 Å². The Balaban J connectivity index is 1.19. The van der Waals surface area contributed by atoms with Gasteiger partial charge in [0.2, 0.25) is 12.7 Å². The lowest BCUT2D eigenvalue weighted by molar-refractivity contribution is -0.128. The van der Waals surface area contributed by atoms with Gasteiger partial charge in [-0.3, -0.25) is 9.59 Å². The SMILES string of the molecule is O=C(N/N=C\c1ccc2c(c1)OCO2)c1ccc([C@@H]2SCC(=O)N2CCc2ccccc2)cc1. The van der Waals surface area contributed by atoms with Crippen molar-refractivity contribution in [3.8, 4) is 11.5 Å². The lowest BCUT2D eigenvalue weighted by Crippen LogP contribution is -2.30. The van der Waals surface area contributed by atoms with Crippen molar-refractivity contribution in [3.05, 3.63) is 95.1 Å². The highest BCUT2D eigenvalue weighted by atomic mass is 32.2. The van der Waals surface area contributed by atoms with E-state index in [1.807, 2.05) is 41.3 Å². The van der Waals surface area contributed by atoms with Crippen LogP contribution < -0.4 is 14.9 Å². The van der Waals surface area contributed by atoms with Gasteiger partial charge in [0.25, 0.3) is 5.91 Å². The molecule has 0 spiro atoms. The summed E-state index contributed by atoms with van der Waals surface area (Å²) < 4.78 is 10.6. The highest BCUT2D eigenvalue weighted by Gasteiger charge is 2.32. The van der Waals surface area contributed by atoms with Crippen molar-refractivity contribution in [2.45, 2.75) is 11.8 Å². The average molecular weight is 474 g/mol. The Morgan fingerprint density at radius 3 is 2.68 bits per heavy atom. The molecule has 2 amide bonds.